The smallest absolute Gasteiger partial charge is 0.240 e. The SMILES string of the molecule is O=C1C(N(CCO)Cc2cccnc2)CCN1C1CC1. The van der Waals surface area contributed by atoms with Crippen molar-refractivity contribution in [2.24, 2.45) is 0 Å². The van der Waals surface area contributed by atoms with Crippen LogP contribution in [0.25, 0.3) is 0 Å². The molecule has 2 heterocycles. The molecule has 1 atom stereocenters. The highest BCUT2D eigenvalue weighted by molar-refractivity contribution is 5.84. The third kappa shape index (κ3) is 2.83. The van der Waals surface area contributed by atoms with Gasteiger partial charge >= 0.3 is 0 Å². The maximum atomic E-state index is 12.5. The number of aliphatic hydroxyl groups excluding tert-OH is 1. The van der Waals surface area contributed by atoms with E-state index < -0.39 is 0 Å². The van der Waals surface area contributed by atoms with Gasteiger partial charge in [-0.05, 0) is 30.9 Å². The van der Waals surface area contributed by atoms with E-state index in [1.807, 2.05) is 23.2 Å². The predicted octanol–water partition coefficient (Wildman–Crippen LogP) is 0.639. The minimum Gasteiger partial charge on any atom is -0.395 e. The fraction of sp³-hybridized carbons (Fsp3) is 0.600. The Morgan fingerprint density at radius 2 is 2.25 bits per heavy atom. The first-order valence-electron chi connectivity index (χ1n) is 7.34. The van der Waals surface area contributed by atoms with E-state index in [4.69, 9.17) is 0 Å². The Kier molecular flexibility index (Phi) is 3.98. The number of pyridine rings is 1. The lowest BCUT2D eigenvalue weighted by molar-refractivity contribution is -0.132. The molecule has 1 aliphatic carbocycles. The average Bonchev–Trinajstić information content (AvgIpc) is 3.23. The number of hydrogen-bond acceptors (Lipinski definition) is 4. The topological polar surface area (TPSA) is 56.7 Å². The number of amides is 1. The predicted molar refractivity (Wildman–Crippen MR) is 74.9 cm³/mol. The summed E-state index contributed by atoms with van der Waals surface area (Å²) in [6, 6.07) is 4.32. The van der Waals surface area contributed by atoms with Gasteiger partial charge in [0.2, 0.25) is 5.91 Å². The van der Waals surface area contributed by atoms with Crippen LogP contribution in [0.2, 0.25) is 0 Å². The zero-order valence-corrected chi connectivity index (χ0v) is 11.6. The van der Waals surface area contributed by atoms with Gasteiger partial charge in [-0.15, -0.1) is 0 Å². The minimum atomic E-state index is -0.0806. The van der Waals surface area contributed by atoms with Crippen LogP contribution in [-0.2, 0) is 11.3 Å². The van der Waals surface area contributed by atoms with E-state index in [1.54, 1.807) is 6.20 Å². The van der Waals surface area contributed by atoms with Gasteiger partial charge in [0.25, 0.3) is 0 Å². The molecule has 5 heteroatoms. The molecule has 0 radical (unpaired) electrons. The number of aliphatic hydroxyl groups is 1. The molecule has 0 aromatic carbocycles. The van der Waals surface area contributed by atoms with E-state index in [-0.39, 0.29) is 18.6 Å². The molecule has 1 aromatic heterocycles. The van der Waals surface area contributed by atoms with Crippen molar-refractivity contribution in [3.05, 3.63) is 30.1 Å². The van der Waals surface area contributed by atoms with E-state index in [2.05, 4.69) is 9.88 Å². The van der Waals surface area contributed by atoms with Crippen LogP contribution in [0.3, 0.4) is 0 Å². The molecule has 20 heavy (non-hydrogen) atoms. The van der Waals surface area contributed by atoms with E-state index in [9.17, 15) is 9.90 Å². The van der Waals surface area contributed by atoms with Crippen molar-refractivity contribution in [1.82, 2.24) is 14.8 Å². The second-order valence-electron chi connectivity index (χ2n) is 5.62. The molecule has 5 nitrogen and oxygen atoms in total. The molecule has 1 aliphatic heterocycles. The summed E-state index contributed by atoms with van der Waals surface area (Å²) in [5, 5.41) is 9.27. The Bertz CT molecular complexity index is 461. The normalized spacial score (nSPS) is 22.8. The summed E-state index contributed by atoms with van der Waals surface area (Å²) < 4.78 is 0. The highest BCUT2D eigenvalue weighted by atomic mass is 16.3. The third-order valence-corrected chi connectivity index (χ3v) is 4.14. The summed E-state index contributed by atoms with van der Waals surface area (Å²) in [5.74, 6) is 0.241. The van der Waals surface area contributed by atoms with E-state index in [0.29, 0.717) is 19.1 Å². The van der Waals surface area contributed by atoms with Gasteiger partial charge in [-0.3, -0.25) is 14.7 Å². The fourth-order valence-corrected chi connectivity index (χ4v) is 2.97. The van der Waals surface area contributed by atoms with Crippen molar-refractivity contribution in [2.75, 3.05) is 19.7 Å². The number of carbonyl (C=O) groups is 1. The zero-order chi connectivity index (χ0) is 13.9. The summed E-state index contributed by atoms with van der Waals surface area (Å²) in [5.41, 5.74) is 1.08. The molecule has 108 valence electrons. The highest BCUT2D eigenvalue weighted by Gasteiger charge is 2.42. The molecule has 0 bridgehead atoms. The Balaban J connectivity index is 1.68. The minimum absolute atomic E-state index is 0.0769. The van der Waals surface area contributed by atoms with E-state index in [0.717, 1.165) is 31.4 Å². The second kappa shape index (κ2) is 5.89. The number of hydrogen-bond donors (Lipinski definition) is 1. The summed E-state index contributed by atoms with van der Waals surface area (Å²) in [6.45, 7) is 2.14. The number of likely N-dealkylation sites (tertiary alicyclic amines) is 1. The van der Waals surface area contributed by atoms with Crippen molar-refractivity contribution in [2.45, 2.75) is 37.9 Å². The molecular formula is C15H21N3O2. The molecule has 1 saturated heterocycles. The molecule has 3 rings (SSSR count). The van der Waals surface area contributed by atoms with Crippen molar-refractivity contribution in [1.29, 1.82) is 0 Å². The standard InChI is InChI=1S/C15H21N3O2/c19-9-8-17(11-12-2-1-6-16-10-12)14-5-7-18(15(14)20)13-3-4-13/h1-2,6,10,13-14,19H,3-5,7-9,11H2. The average molecular weight is 275 g/mol. The van der Waals surface area contributed by atoms with Crippen LogP contribution in [0.4, 0.5) is 0 Å². The molecule has 1 unspecified atom stereocenters. The number of carbonyl (C=O) groups excluding carboxylic acids is 1. The molecule has 1 aromatic rings. The Morgan fingerprint density at radius 3 is 2.90 bits per heavy atom. The van der Waals surface area contributed by atoms with Crippen LogP contribution in [0.15, 0.2) is 24.5 Å². The maximum absolute atomic E-state index is 12.5. The van der Waals surface area contributed by atoms with Crippen LogP contribution in [0, 0.1) is 0 Å². The van der Waals surface area contributed by atoms with Crippen LogP contribution in [0.1, 0.15) is 24.8 Å². The van der Waals surface area contributed by atoms with Gasteiger partial charge in [0.15, 0.2) is 0 Å². The molecular weight excluding hydrogens is 254 g/mol. The van der Waals surface area contributed by atoms with Crippen LogP contribution in [0.5, 0.6) is 0 Å². The fourth-order valence-electron chi connectivity index (χ4n) is 2.97. The maximum Gasteiger partial charge on any atom is 0.240 e. The monoisotopic (exact) mass is 275 g/mol. The Hall–Kier alpha value is -1.46. The molecule has 2 aliphatic rings. The lowest BCUT2D eigenvalue weighted by atomic mass is 10.1. The number of rotatable bonds is 6. The van der Waals surface area contributed by atoms with Gasteiger partial charge < -0.3 is 10.0 Å². The zero-order valence-electron chi connectivity index (χ0n) is 11.6. The summed E-state index contributed by atoms with van der Waals surface area (Å²) in [4.78, 5) is 20.7. The van der Waals surface area contributed by atoms with Crippen molar-refractivity contribution < 1.29 is 9.90 Å². The molecule has 1 saturated carbocycles. The van der Waals surface area contributed by atoms with Gasteiger partial charge in [0.05, 0.1) is 12.6 Å². The van der Waals surface area contributed by atoms with Crippen molar-refractivity contribution in [3.63, 3.8) is 0 Å². The second-order valence-corrected chi connectivity index (χ2v) is 5.62. The van der Waals surface area contributed by atoms with Crippen molar-refractivity contribution in [3.8, 4) is 0 Å². The van der Waals surface area contributed by atoms with Crippen LogP contribution >= 0.6 is 0 Å². The Morgan fingerprint density at radius 1 is 1.40 bits per heavy atom. The van der Waals surface area contributed by atoms with Crippen molar-refractivity contribution >= 4 is 5.91 Å². The summed E-state index contributed by atoms with van der Waals surface area (Å²) in [6.07, 6.45) is 6.75. The molecule has 0 spiro atoms. The quantitative estimate of drug-likeness (QED) is 0.828. The van der Waals surface area contributed by atoms with Gasteiger partial charge in [-0.1, -0.05) is 6.07 Å². The number of aromatic nitrogens is 1. The summed E-state index contributed by atoms with van der Waals surface area (Å²) >= 11 is 0. The third-order valence-electron chi connectivity index (χ3n) is 4.14. The van der Waals surface area contributed by atoms with E-state index in [1.165, 1.54) is 0 Å². The lowest BCUT2D eigenvalue weighted by Gasteiger charge is -2.27. The number of nitrogens with zero attached hydrogens (tertiary/aromatic N) is 3. The van der Waals surface area contributed by atoms with E-state index >= 15 is 0 Å². The van der Waals surface area contributed by atoms with Gasteiger partial charge in [0, 0.05) is 38.1 Å². The van der Waals surface area contributed by atoms with Gasteiger partial charge in [-0.25, -0.2) is 0 Å². The van der Waals surface area contributed by atoms with Crippen LogP contribution < -0.4 is 0 Å². The molecule has 1 N–H and O–H groups in total. The highest BCUT2D eigenvalue weighted by Crippen LogP contribution is 2.32. The summed E-state index contributed by atoms with van der Waals surface area (Å²) in [7, 11) is 0. The molecule has 1 amide bonds. The van der Waals surface area contributed by atoms with Gasteiger partial charge in [-0.2, -0.15) is 0 Å². The first kappa shape index (κ1) is 13.5. The van der Waals surface area contributed by atoms with Crippen LogP contribution in [-0.4, -0.2) is 57.6 Å². The Labute approximate surface area is 119 Å². The van der Waals surface area contributed by atoms with Gasteiger partial charge in [0.1, 0.15) is 0 Å². The largest absolute Gasteiger partial charge is 0.395 e. The first-order chi connectivity index (χ1) is 9.79. The molecule has 2 fully saturated rings. The lowest BCUT2D eigenvalue weighted by Crippen LogP contribution is -2.43. The first-order valence-corrected chi connectivity index (χ1v) is 7.34.